The third-order valence-corrected chi connectivity index (χ3v) is 11.6. The van der Waals surface area contributed by atoms with E-state index in [-0.39, 0.29) is 22.1 Å². The maximum atomic E-state index is 13.2. The summed E-state index contributed by atoms with van der Waals surface area (Å²) in [6.07, 6.45) is 8.52. The third-order valence-electron chi connectivity index (χ3n) is 9.49. The van der Waals surface area contributed by atoms with Crippen LogP contribution in [0, 0.1) is 5.92 Å². The summed E-state index contributed by atoms with van der Waals surface area (Å²) in [6.45, 7) is 12.8. The molecule has 1 amide bonds. The Kier molecular flexibility index (Phi) is 12.3. The number of amides is 1. The molecule has 5 rings (SSSR count). The predicted molar refractivity (Wildman–Crippen MR) is 185 cm³/mol. The van der Waals surface area contributed by atoms with Crippen LogP contribution in [0.15, 0.2) is 22.3 Å². The van der Waals surface area contributed by atoms with Gasteiger partial charge in [-0.05, 0) is 50.8 Å². The van der Waals surface area contributed by atoms with E-state index in [4.69, 9.17) is 4.74 Å². The van der Waals surface area contributed by atoms with E-state index in [1.807, 2.05) is 10.3 Å². The number of fused-ring (bicyclic) bond motifs is 1. The largest absolute Gasteiger partial charge is 0.506 e. The number of aromatic nitrogens is 2. The zero-order valence-electron chi connectivity index (χ0n) is 27.6. The van der Waals surface area contributed by atoms with Gasteiger partial charge in [-0.25, -0.2) is 4.98 Å². The van der Waals surface area contributed by atoms with Crippen molar-refractivity contribution in [3.05, 3.63) is 43.4 Å². The summed E-state index contributed by atoms with van der Waals surface area (Å²) in [4.78, 5) is 36.4. The van der Waals surface area contributed by atoms with E-state index < -0.39 is 6.10 Å². The number of likely N-dealkylation sites (tertiary alicyclic amines) is 1. The fourth-order valence-electron chi connectivity index (χ4n) is 6.66. The maximum absolute atomic E-state index is 13.2. The van der Waals surface area contributed by atoms with Crippen molar-refractivity contribution in [1.29, 1.82) is 0 Å². The second-order valence-electron chi connectivity index (χ2n) is 13.6. The highest BCUT2D eigenvalue weighted by Crippen LogP contribution is 2.32. The van der Waals surface area contributed by atoms with Gasteiger partial charge in [-0.1, -0.05) is 63.9 Å². The average molecular weight is 674 g/mol. The molecular weight excluding hydrogens is 623 g/mol. The molecule has 4 heterocycles. The number of thiazole rings is 2. The van der Waals surface area contributed by atoms with Crippen LogP contribution < -0.4 is 10.2 Å². The number of hydrogen-bond donors (Lipinski definition) is 4. The Morgan fingerprint density at radius 3 is 2.63 bits per heavy atom. The van der Waals surface area contributed by atoms with Gasteiger partial charge in [0.25, 0.3) is 5.91 Å². The highest BCUT2D eigenvalue weighted by molar-refractivity contribution is 7.16. The summed E-state index contributed by atoms with van der Waals surface area (Å²) in [5.74, 6) is 0.922. The Labute approximate surface area is 280 Å². The minimum Gasteiger partial charge on any atom is -0.506 e. The first kappa shape index (κ1) is 35.0. The second kappa shape index (κ2) is 16.2. The van der Waals surface area contributed by atoms with Crippen LogP contribution in [0.3, 0.4) is 0 Å². The zero-order valence-corrected chi connectivity index (χ0v) is 29.2. The summed E-state index contributed by atoms with van der Waals surface area (Å²) in [7, 11) is 0. The van der Waals surface area contributed by atoms with Crippen LogP contribution in [0.25, 0.3) is 10.2 Å². The van der Waals surface area contributed by atoms with Gasteiger partial charge in [0.05, 0.1) is 34.6 Å². The second-order valence-corrected chi connectivity index (χ2v) is 15.4. The standard InChI is InChI=1S/C34H51N5O5S2/c1-23(2)31-36-26(21-45-31)32(42)39-17-18-44-34(22-39)12-15-38(16-13-34)14-8-6-4-5-7-9-24(3)19-35-20-28(41)25-10-11-27(40)29-30(25)46-33(43)37-29/h10-11,21,23-24,28,35,40-41H,4-9,12-20,22H2,1-3H3,(H,37,43)/t24-,28+/m1/s1. The van der Waals surface area contributed by atoms with E-state index in [0.717, 1.165) is 61.8 Å². The molecule has 12 heteroatoms. The molecule has 0 bridgehead atoms. The van der Waals surface area contributed by atoms with Gasteiger partial charge >= 0.3 is 4.87 Å². The number of phenolic OH excluding ortho intramolecular Hbond substituents is 1. The number of aromatic amines is 1. The number of carbonyl (C=O) groups excluding carboxylic acids is 1. The number of aromatic hydroxyl groups is 1. The number of H-pyrrole nitrogens is 1. The Morgan fingerprint density at radius 1 is 1.11 bits per heavy atom. The number of morpholine rings is 1. The number of nitrogens with one attached hydrogen (secondary N) is 2. The first-order chi connectivity index (χ1) is 22.1. The molecule has 0 aliphatic carbocycles. The van der Waals surface area contributed by atoms with Gasteiger partial charge in [0.2, 0.25) is 0 Å². The lowest BCUT2D eigenvalue weighted by molar-refractivity contribution is -0.127. The van der Waals surface area contributed by atoms with E-state index >= 15 is 0 Å². The minimum absolute atomic E-state index is 0.0235. The molecule has 2 aliphatic heterocycles. The van der Waals surface area contributed by atoms with Crippen molar-refractivity contribution in [1.82, 2.24) is 25.1 Å². The van der Waals surface area contributed by atoms with Crippen molar-refractivity contribution >= 4 is 38.8 Å². The van der Waals surface area contributed by atoms with Gasteiger partial charge in [-0.3, -0.25) is 9.59 Å². The number of hydrogen-bond acceptors (Lipinski definition) is 10. The van der Waals surface area contributed by atoms with Crippen LogP contribution in [-0.4, -0.2) is 93.9 Å². The van der Waals surface area contributed by atoms with Crippen LogP contribution in [0.1, 0.15) is 105 Å². The lowest BCUT2D eigenvalue weighted by atomic mass is 9.89. The van der Waals surface area contributed by atoms with E-state index in [1.54, 1.807) is 17.4 Å². The molecule has 2 fully saturated rings. The van der Waals surface area contributed by atoms with Crippen LogP contribution in [0.2, 0.25) is 0 Å². The summed E-state index contributed by atoms with van der Waals surface area (Å²) < 4.78 is 6.92. The van der Waals surface area contributed by atoms with Gasteiger partial charge in [-0.15, -0.1) is 11.3 Å². The van der Waals surface area contributed by atoms with Gasteiger partial charge in [0.15, 0.2) is 0 Å². The van der Waals surface area contributed by atoms with E-state index in [1.165, 1.54) is 38.2 Å². The molecule has 2 aromatic heterocycles. The minimum atomic E-state index is -0.742. The van der Waals surface area contributed by atoms with Crippen LogP contribution in [0.5, 0.6) is 5.75 Å². The number of carbonyl (C=O) groups is 1. The van der Waals surface area contributed by atoms with Crippen molar-refractivity contribution in [3.8, 4) is 5.75 Å². The van der Waals surface area contributed by atoms with Crippen molar-refractivity contribution in [3.63, 3.8) is 0 Å². The highest BCUT2D eigenvalue weighted by atomic mass is 32.1. The van der Waals surface area contributed by atoms with Crippen molar-refractivity contribution in [2.45, 2.75) is 89.8 Å². The molecule has 10 nitrogen and oxygen atoms in total. The monoisotopic (exact) mass is 673 g/mol. The molecule has 1 aromatic carbocycles. The van der Waals surface area contributed by atoms with Gasteiger partial charge < -0.3 is 35.1 Å². The number of nitrogens with zero attached hydrogens (tertiary/aromatic N) is 3. The first-order valence-corrected chi connectivity index (χ1v) is 18.7. The quantitative estimate of drug-likeness (QED) is 0.156. The van der Waals surface area contributed by atoms with E-state index in [0.29, 0.717) is 59.6 Å². The third kappa shape index (κ3) is 8.96. The molecule has 2 saturated heterocycles. The number of ether oxygens (including phenoxy) is 1. The molecule has 46 heavy (non-hydrogen) atoms. The molecule has 3 aromatic rings. The van der Waals surface area contributed by atoms with Crippen molar-refractivity contribution in [2.75, 3.05) is 52.4 Å². The fourth-order valence-corrected chi connectivity index (χ4v) is 8.38. The van der Waals surface area contributed by atoms with Crippen LogP contribution in [0.4, 0.5) is 0 Å². The molecule has 2 aliphatic rings. The molecule has 0 radical (unpaired) electrons. The highest BCUT2D eigenvalue weighted by Gasteiger charge is 2.41. The van der Waals surface area contributed by atoms with Gasteiger partial charge in [0, 0.05) is 43.0 Å². The Bertz CT molecular complexity index is 1480. The smallest absolute Gasteiger partial charge is 0.305 e. The normalized spacial score (nSPS) is 18.5. The van der Waals surface area contributed by atoms with Crippen molar-refractivity contribution < 1.29 is 19.7 Å². The average Bonchev–Trinajstić information content (AvgIpc) is 3.69. The van der Waals surface area contributed by atoms with Gasteiger partial charge in [-0.2, -0.15) is 0 Å². The Balaban J connectivity index is 0.910. The number of rotatable bonds is 15. The summed E-state index contributed by atoms with van der Waals surface area (Å²) in [5.41, 5.74) is 1.42. The van der Waals surface area contributed by atoms with E-state index in [2.05, 4.69) is 41.0 Å². The number of aliphatic hydroxyl groups is 1. The molecule has 0 saturated carbocycles. The number of aliphatic hydroxyl groups excluding tert-OH is 1. The number of phenols is 1. The fraction of sp³-hybridized carbons (Fsp3) is 0.676. The Morgan fingerprint density at radius 2 is 1.87 bits per heavy atom. The maximum Gasteiger partial charge on any atom is 0.305 e. The Hall–Kier alpha value is -2.35. The van der Waals surface area contributed by atoms with Gasteiger partial charge in [0.1, 0.15) is 17.0 Å². The van der Waals surface area contributed by atoms with E-state index in [9.17, 15) is 19.8 Å². The van der Waals surface area contributed by atoms with Crippen LogP contribution in [-0.2, 0) is 4.74 Å². The summed E-state index contributed by atoms with van der Waals surface area (Å²) in [5, 5.41) is 27.0. The zero-order chi connectivity index (χ0) is 32.7. The lowest BCUT2D eigenvalue weighted by Gasteiger charge is -2.47. The number of benzene rings is 1. The van der Waals surface area contributed by atoms with Crippen molar-refractivity contribution in [2.24, 2.45) is 5.92 Å². The molecule has 2 atom stereocenters. The van der Waals surface area contributed by atoms with Crippen LogP contribution >= 0.6 is 22.7 Å². The summed E-state index contributed by atoms with van der Waals surface area (Å²) >= 11 is 2.59. The molecule has 0 unspecified atom stereocenters. The number of piperidine rings is 1. The molecular formula is C34H51N5O5S2. The number of unbranched alkanes of at least 4 members (excludes halogenated alkanes) is 4. The SMILES string of the molecule is CC(C)c1nc(C(=O)N2CCOC3(CCN(CCCCCCC[C@@H](C)CNC[C@H](O)c4ccc(O)c5[nH]c(=O)sc45)CC3)C2)cs1. The summed E-state index contributed by atoms with van der Waals surface area (Å²) in [6, 6.07) is 3.21. The topological polar surface area (TPSA) is 131 Å². The first-order valence-electron chi connectivity index (χ1n) is 17.0. The molecule has 4 N–H and O–H groups in total. The predicted octanol–water partition coefficient (Wildman–Crippen LogP) is 5.48. The molecule has 254 valence electrons. The lowest BCUT2D eigenvalue weighted by Crippen LogP contribution is -2.58. The molecule has 1 spiro atoms.